The van der Waals surface area contributed by atoms with Gasteiger partial charge in [-0.05, 0) is 37.3 Å². The molecule has 0 unspecified atom stereocenters. The molecule has 9 nitrogen and oxygen atoms in total. The van der Waals surface area contributed by atoms with Gasteiger partial charge in [-0.1, -0.05) is 0 Å². The Morgan fingerprint density at radius 1 is 1.06 bits per heavy atom. The van der Waals surface area contributed by atoms with Crippen LogP contribution in [-0.4, -0.2) is 52.7 Å². The van der Waals surface area contributed by atoms with Crippen LogP contribution in [0.5, 0.6) is 5.75 Å². The molecule has 0 atom stereocenters. The van der Waals surface area contributed by atoms with Crippen LogP contribution < -0.4 is 14.5 Å². The molecule has 1 fully saturated rings. The average Bonchev–Trinajstić information content (AvgIpc) is 3.18. The summed E-state index contributed by atoms with van der Waals surface area (Å²) in [4.78, 5) is 27.6. The van der Waals surface area contributed by atoms with Crippen LogP contribution in [0.15, 0.2) is 48.8 Å². The lowest BCUT2D eigenvalue weighted by atomic mass is 10.2. The first kappa shape index (κ1) is 19.1. The van der Waals surface area contributed by atoms with E-state index in [1.165, 1.54) is 0 Å². The maximum absolute atomic E-state index is 10.9. The average molecular weight is 418 g/mol. The van der Waals surface area contributed by atoms with Gasteiger partial charge >= 0.3 is 0 Å². The molecule has 31 heavy (non-hydrogen) atoms. The highest BCUT2D eigenvalue weighted by atomic mass is 16.6. The topological polar surface area (TPSA) is 100 Å². The Labute approximate surface area is 178 Å². The number of benzene rings is 2. The first-order valence-corrected chi connectivity index (χ1v) is 10.3. The third-order valence-corrected chi connectivity index (χ3v) is 5.65. The van der Waals surface area contributed by atoms with Gasteiger partial charge in [-0.2, -0.15) is 0 Å². The van der Waals surface area contributed by atoms with Crippen molar-refractivity contribution >= 4 is 39.1 Å². The molecule has 0 saturated carbocycles. The normalized spacial score (nSPS) is 14.4. The highest BCUT2D eigenvalue weighted by Crippen LogP contribution is 2.32. The fourth-order valence-corrected chi connectivity index (χ4v) is 4.12. The predicted molar refractivity (Wildman–Crippen MR) is 120 cm³/mol. The van der Waals surface area contributed by atoms with Crippen LogP contribution in [0.25, 0.3) is 21.9 Å². The molecule has 4 aromatic rings. The lowest BCUT2D eigenvalue weighted by Gasteiger charge is -2.36. The van der Waals surface area contributed by atoms with Gasteiger partial charge in [0, 0.05) is 54.9 Å². The molecule has 2 aromatic heterocycles. The van der Waals surface area contributed by atoms with Crippen LogP contribution in [0, 0.1) is 10.1 Å². The van der Waals surface area contributed by atoms with E-state index < -0.39 is 0 Å². The largest absolute Gasteiger partial charge is 0.494 e. The van der Waals surface area contributed by atoms with Crippen LogP contribution in [0.2, 0.25) is 0 Å². The number of non-ortho nitro benzene ring substituents is 1. The number of piperazine rings is 1. The number of hydrogen-bond donors (Lipinski definition) is 1. The predicted octanol–water partition coefficient (Wildman–Crippen LogP) is 3.74. The third-order valence-electron chi connectivity index (χ3n) is 5.65. The Balaban J connectivity index is 1.39. The summed E-state index contributed by atoms with van der Waals surface area (Å²) >= 11 is 0. The molecule has 1 aliphatic heterocycles. The second-order valence-corrected chi connectivity index (χ2v) is 7.43. The van der Waals surface area contributed by atoms with Crippen molar-refractivity contribution in [1.29, 1.82) is 0 Å². The Morgan fingerprint density at radius 3 is 2.52 bits per heavy atom. The molecule has 5 rings (SSSR count). The SMILES string of the molecule is CCOc1ccc2[nH]c3c(N4CCN(c5ccc([N+](=O)[O-])cc5)CC4)ncnc3c2c1. The summed E-state index contributed by atoms with van der Waals surface area (Å²) in [6.07, 6.45) is 1.61. The van der Waals surface area contributed by atoms with Gasteiger partial charge in [0.1, 0.15) is 23.1 Å². The van der Waals surface area contributed by atoms with Crippen molar-refractivity contribution in [3.8, 4) is 5.75 Å². The number of fused-ring (bicyclic) bond motifs is 3. The first-order valence-electron chi connectivity index (χ1n) is 10.3. The molecule has 9 heteroatoms. The molecule has 0 amide bonds. The summed E-state index contributed by atoms with van der Waals surface area (Å²) in [5.41, 5.74) is 3.92. The number of ether oxygens (including phenoxy) is 1. The van der Waals surface area contributed by atoms with Crippen LogP contribution in [0.1, 0.15) is 6.92 Å². The van der Waals surface area contributed by atoms with Crippen LogP contribution in [-0.2, 0) is 0 Å². The number of aromatic amines is 1. The third kappa shape index (κ3) is 3.48. The van der Waals surface area contributed by atoms with Gasteiger partial charge in [-0.15, -0.1) is 0 Å². The number of H-pyrrole nitrogens is 1. The molecule has 0 spiro atoms. The lowest BCUT2D eigenvalue weighted by Crippen LogP contribution is -2.46. The second-order valence-electron chi connectivity index (χ2n) is 7.43. The van der Waals surface area contributed by atoms with Gasteiger partial charge in [0.25, 0.3) is 5.69 Å². The molecule has 1 aliphatic rings. The standard InChI is InChI=1S/C22H22N6O3/c1-2-31-17-7-8-19-18(13-17)20-21(25-19)22(24-14-23-20)27-11-9-26(10-12-27)15-3-5-16(6-4-15)28(29)30/h3-8,13-14,25H,2,9-12H2,1H3. The van der Waals surface area contributed by atoms with Crippen LogP contribution >= 0.6 is 0 Å². The molecule has 0 bridgehead atoms. The number of nitro groups is 1. The van der Waals surface area contributed by atoms with Crippen LogP contribution in [0.3, 0.4) is 0 Å². The summed E-state index contributed by atoms with van der Waals surface area (Å²) in [5.74, 6) is 1.72. The fraction of sp³-hybridized carbons (Fsp3) is 0.273. The van der Waals surface area contributed by atoms with E-state index in [1.807, 2.05) is 37.3 Å². The zero-order chi connectivity index (χ0) is 21.4. The molecular formula is C22H22N6O3. The molecule has 158 valence electrons. The van der Waals surface area contributed by atoms with E-state index in [1.54, 1.807) is 18.5 Å². The minimum absolute atomic E-state index is 0.108. The second kappa shape index (κ2) is 7.75. The summed E-state index contributed by atoms with van der Waals surface area (Å²) in [5, 5.41) is 11.9. The molecule has 3 heterocycles. The number of anilines is 2. The van der Waals surface area contributed by atoms with Crippen molar-refractivity contribution in [2.45, 2.75) is 6.92 Å². The van der Waals surface area contributed by atoms with Crippen molar-refractivity contribution in [1.82, 2.24) is 15.0 Å². The van der Waals surface area contributed by atoms with E-state index in [9.17, 15) is 10.1 Å². The zero-order valence-electron chi connectivity index (χ0n) is 17.1. The number of hydrogen-bond acceptors (Lipinski definition) is 7. The smallest absolute Gasteiger partial charge is 0.269 e. The molecule has 2 aromatic carbocycles. The fourth-order valence-electron chi connectivity index (χ4n) is 4.12. The number of nitrogens with one attached hydrogen (secondary N) is 1. The molecule has 0 aliphatic carbocycles. The lowest BCUT2D eigenvalue weighted by molar-refractivity contribution is -0.384. The Morgan fingerprint density at radius 2 is 1.81 bits per heavy atom. The van der Waals surface area contributed by atoms with Gasteiger partial charge < -0.3 is 19.5 Å². The van der Waals surface area contributed by atoms with Gasteiger partial charge in [0.15, 0.2) is 5.82 Å². The molecule has 1 saturated heterocycles. The molecular weight excluding hydrogens is 396 g/mol. The highest BCUT2D eigenvalue weighted by molar-refractivity contribution is 6.08. The number of aromatic nitrogens is 3. The number of nitrogens with zero attached hydrogens (tertiary/aromatic N) is 5. The van der Waals surface area contributed by atoms with E-state index in [2.05, 4.69) is 24.8 Å². The highest BCUT2D eigenvalue weighted by Gasteiger charge is 2.22. The summed E-state index contributed by atoms with van der Waals surface area (Å²) in [7, 11) is 0. The van der Waals surface area contributed by atoms with Crippen LogP contribution in [0.4, 0.5) is 17.2 Å². The van der Waals surface area contributed by atoms with Crippen molar-refractivity contribution in [2.24, 2.45) is 0 Å². The Bertz CT molecular complexity index is 1250. The van der Waals surface area contributed by atoms with Gasteiger partial charge in [-0.25, -0.2) is 9.97 Å². The van der Waals surface area contributed by atoms with Crippen molar-refractivity contribution in [3.63, 3.8) is 0 Å². The van der Waals surface area contributed by atoms with Gasteiger partial charge in [0.2, 0.25) is 0 Å². The minimum Gasteiger partial charge on any atom is -0.494 e. The first-order chi connectivity index (χ1) is 15.1. The summed E-state index contributed by atoms with van der Waals surface area (Å²) in [6, 6.07) is 12.7. The van der Waals surface area contributed by atoms with Crippen molar-refractivity contribution < 1.29 is 9.66 Å². The minimum atomic E-state index is -0.375. The maximum Gasteiger partial charge on any atom is 0.269 e. The van der Waals surface area contributed by atoms with E-state index in [-0.39, 0.29) is 10.6 Å². The number of rotatable bonds is 5. The van der Waals surface area contributed by atoms with Gasteiger partial charge in [0.05, 0.1) is 11.5 Å². The summed E-state index contributed by atoms with van der Waals surface area (Å²) < 4.78 is 5.64. The monoisotopic (exact) mass is 418 g/mol. The maximum atomic E-state index is 10.9. The molecule has 1 N–H and O–H groups in total. The van der Waals surface area contributed by atoms with Gasteiger partial charge in [-0.3, -0.25) is 10.1 Å². The Hall–Kier alpha value is -3.88. The van der Waals surface area contributed by atoms with E-state index in [4.69, 9.17) is 4.74 Å². The van der Waals surface area contributed by atoms with Crippen molar-refractivity contribution in [2.75, 3.05) is 42.6 Å². The van der Waals surface area contributed by atoms with E-state index in [0.29, 0.717) is 6.61 Å². The number of nitro benzene ring substituents is 1. The van der Waals surface area contributed by atoms with E-state index >= 15 is 0 Å². The summed E-state index contributed by atoms with van der Waals surface area (Å²) in [6.45, 7) is 5.78. The quantitative estimate of drug-likeness (QED) is 0.389. The Kier molecular flexibility index (Phi) is 4.78. The van der Waals surface area contributed by atoms with Crippen molar-refractivity contribution in [3.05, 3.63) is 58.9 Å². The molecule has 0 radical (unpaired) electrons. The van der Waals surface area contributed by atoms with E-state index in [0.717, 1.165) is 65.4 Å². The zero-order valence-corrected chi connectivity index (χ0v) is 17.1.